The number of hydrogen-bond donors (Lipinski definition) is 4. The van der Waals surface area contributed by atoms with Crippen LogP contribution < -0.4 is 21.7 Å². The van der Waals surface area contributed by atoms with Crippen molar-refractivity contribution in [3.8, 4) is 0 Å². The first kappa shape index (κ1) is 21.2. The average molecular weight is 440 g/mol. The van der Waals surface area contributed by atoms with Crippen molar-refractivity contribution in [1.29, 1.82) is 5.41 Å². The highest BCUT2D eigenvalue weighted by atomic mass is 15.2. The Hall–Kier alpha value is -3.71. The SMILES string of the molecule is CN=Cc1c(N)cccc1C(=N)c1cccc(C)c1Nc1ccc(N2CC3C(N)C3C2)nc1. The number of nitrogens with two attached hydrogens (primary N) is 2. The number of anilines is 4. The molecule has 1 aromatic heterocycles. The predicted molar refractivity (Wildman–Crippen MR) is 136 cm³/mol. The van der Waals surface area contributed by atoms with Gasteiger partial charge in [0.05, 0.1) is 23.3 Å². The van der Waals surface area contributed by atoms with Crippen molar-refractivity contribution in [3.05, 3.63) is 77.0 Å². The summed E-state index contributed by atoms with van der Waals surface area (Å²) >= 11 is 0. The largest absolute Gasteiger partial charge is 0.398 e. The van der Waals surface area contributed by atoms with E-state index in [-0.39, 0.29) is 0 Å². The molecule has 0 bridgehead atoms. The second-order valence-electron chi connectivity index (χ2n) is 8.91. The van der Waals surface area contributed by atoms with Crippen molar-refractivity contribution < 1.29 is 0 Å². The number of para-hydroxylation sites is 1. The van der Waals surface area contributed by atoms with Gasteiger partial charge in [-0.1, -0.05) is 30.3 Å². The molecular weight excluding hydrogens is 410 g/mol. The Morgan fingerprint density at radius 1 is 1.12 bits per heavy atom. The van der Waals surface area contributed by atoms with E-state index in [2.05, 4.69) is 26.3 Å². The van der Waals surface area contributed by atoms with Gasteiger partial charge in [0, 0.05) is 54.8 Å². The second-order valence-corrected chi connectivity index (χ2v) is 8.91. The molecule has 2 fully saturated rings. The molecule has 3 aromatic rings. The maximum absolute atomic E-state index is 8.99. The number of nitrogens with one attached hydrogen (secondary N) is 2. The third-order valence-electron chi connectivity index (χ3n) is 6.81. The van der Waals surface area contributed by atoms with Gasteiger partial charge in [0.2, 0.25) is 0 Å². The molecule has 1 aliphatic heterocycles. The van der Waals surface area contributed by atoms with Gasteiger partial charge in [-0.15, -0.1) is 0 Å². The van der Waals surface area contributed by atoms with Gasteiger partial charge in [-0.2, -0.15) is 0 Å². The normalized spacial score (nSPS) is 21.3. The van der Waals surface area contributed by atoms with Crippen LogP contribution in [0, 0.1) is 24.2 Å². The smallest absolute Gasteiger partial charge is 0.128 e. The molecule has 0 radical (unpaired) electrons. The highest BCUT2D eigenvalue weighted by Gasteiger charge is 2.53. The number of rotatable bonds is 6. The quantitative estimate of drug-likeness (QED) is 0.346. The first-order valence-electron chi connectivity index (χ1n) is 11.2. The standard InChI is InChI=1S/C26H29N7/c1-15-5-3-7-18(24(28)17-6-4-8-22(27)19(17)12-30-2)26(15)32-16-9-10-23(31-11-16)33-13-20-21(14-33)25(20)29/h3-12,20-21,25,28,32H,13-14,27,29H2,1-2H3. The Morgan fingerprint density at radius 3 is 2.55 bits per heavy atom. The zero-order valence-corrected chi connectivity index (χ0v) is 18.9. The van der Waals surface area contributed by atoms with Crippen molar-refractivity contribution in [1.82, 2.24) is 4.98 Å². The zero-order valence-electron chi connectivity index (χ0n) is 18.9. The monoisotopic (exact) mass is 439 g/mol. The molecule has 2 aliphatic rings. The van der Waals surface area contributed by atoms with E-state index in [1.54, 1.807) is 13.3 Å². The molecule has 6 N–H and O–H groups in total. The lowest BCUT2D eigenvalue weighted by Gasteiger charge is -2.21. The van der Waals surface area contributed by atoms with Gasteiger partial charge in [-0.3, -0.25) is 10.4 Å². The minimum Gasteiger partial charge on any atom is -0.398 e. The Morgan fingerprint density at radius 2 is 1.85 bits per heavy atom. The molecule has 1 saturated carbocycles. The zero-order chi connectivity index (χ0) is 23.1. The van der Waals surface area contributed by atoms with Gasteiger partial charge < -0.3 is 21.7 Å². The summed E-state index contributed by atoms with van der Waals surface area (Å²) in [7, 11) is 1.70. The molecule has 5 rings (SSSR count). The molecule has 33 heavy (non-hydrogen) atoms. The van der Waals surface area contributed by atoms with E-state index in [9.17, 15) is 0 Å². The summed E-state index contributed by atoms with van der Waals surface area (Å²) in [6.07, 6.45) is 3.56. The Bertz CT molecular complexity index is 1220. The van der Waals surface area contributed by atoms with Gasteiger partial charge >= 0.3 is 0 Å². The lowest BCUT2D eigenvalue weighted by Crippen LogP contribution is -2.28. The van der Waals surface area contributed by atoms with Gasteiger partial charge in [-0.05, 0) is 42.5 Å². The topological polar surface area (TPSA) is 116 Å². The lowest BCUT2D eigenvalue weighted by atomic mass is 9.94. The minimum absolute atomic E-state index is 0.376. The fourth-order valence-corrected chi connectivity index (χ4v) is 4.81. The molecule has 2 heterocycles. The summed E-state index contributed by atoms with van der Waals surface area (Å²) in [6.45, 7) is 4.02. The molecule has 0 amide bonds. The lowest BCUT2D eigenvalue weighted by molar-refractivity contribution is 0.735. The van der Waals surface area contributed by atoms with E-state index in [1.165, 1.54) is 0 Å². The summed E-state index contributed by atoms with van der Waals surface area (Å²) in [4.78, 5) is 11.1. The molecule has 0 spiro atoms. The summed E-state index contributed by atoms with van der Waals surface area (Å²) < 4.78 is 0. The summed E-state index contributed by atoms with van der Waals surface area (Å²) in [5.41, 5.74) is 18.3. The highest BCUT2D eigenvalue weighted by molar-refractivity contribution is 6.18. The number of fused-ring (bicyclic) bond motifs is 1. The van der Waals surface area contributed by atoms with Crippen molar-refractivity contribution in [2.75, 3.05) is 36.1 Å². The highest BCUT2D eigenvalue weighted by Crippen LogP contribution is 2.45. The van der Waals surface area contributed by atoms with E-state index in [4.69, 9.17) is 16.9 Å². The summed E-state index contributed by atoms with van der Waals surface area (Å²) in [5.74, 6) is 2.24. The van der Waals surface area contributed by atoms with E-state index >= 15 is 0 Å². The average Bonchev–Trinajstić information content (AvgIpc) is 3.20. The van der Waals surface area contributed by atoms with E-state index in [1.807, 2.05) is 55.6 Å². The van der Waals surface area contributed by atoms with Crippen LogP contribution in [0.15, 0.2) is 59.7 Å². The van der Waals surface area contributed by atoms with Gasteiger partial charge in [0.25, 0.3) is 0 Å². The van der Waals surface area contributed by atoms with Crippen LogP contribution in [0.1, 0.15) is 22.3 Å². The van der Waals surface area contributed by atoms with E-state index in [0.717, 1.165) is 52.5 Å². The molecule has 2 unspecified atom stereocenters. The van der Waals surface area contributed by atoms with Crippen LogP contribution in [0.5, 0.6) is 0 Å². The Labute approximate surface area is 194 Å². The molecular formula is C26H29N7. The Kier molecular flexibility index (Phi) is 5.34. The fraction of sp³-hybridized carbons (Fsp3) is 0.269. The number of nitrogens with zero attached hydrogens (tertiary/aromatic N) is 3. The number of piperidine rings is 1. The number of aromatic nitrogens is 1. The number of hydrogen-bond acceptors (Lipinski definition) is 7. The molecule has 1 aliphatic carbocycles. The number of aryl methyl sites for hydroxylation is 1. The van der Waals surface area contributed by atoms with Gasteiger partial charge in [0.15, 0.2) is 0 Å². The molecule has 7 nitrogen and oxygen atoms in total. The third kappa shape index (κ3) is 3.85. The van der Waals surface area contributed by atoms with E-state index < -0.39 is 0 Å². The maximum atomic E-state index is 8.99. The van der Waals surface area contributed by atoms with Crippen molar-refractivity contribution in [2.24, 2.45) is 22.6 Å². The number of nitrogen functional groups attached to an aromatic ring is 1. The van der Waals surface area contributed by atoms with Crippen molar-refractivity contribution in [3.63, 3.8) is 0 Å². The second kappa shape index (κ2) is 8.33. The van der Waals surface area contributed by atoms with Gasteiger partial charge in [-0.25, -0.2) is 4.98 Å². The summed E-state index contributed by atoms with van der Waals surface area (Å²) in [5, 5.41) is 12.5. The number of pyridine rings is 1. The third-order valence-corrected chi connectivity index (χ3v) is 6.81. The maximum Gasteiger partial charge on any atom is 0.128 e. The van der Waals surface area contributed by atoms with Crippen LogP contribution in [0.2, 0.25) is 0 Å². The molecule has 168 valence electrons. The Balaban J connectivity index is 1.41. The minimum atomic E-state index is 0.376. The first-order valence-corrected chi connectivity index (χ1v) is 11.2. The van der Waals surface area contributed by atoms with Crippen LogP contribution in [0.25, 0.3) is 0 Å². The van der Waals surface area contributed by atoms with Crippen molar-refractivity contribution >= 4 is 34.8 Å². The van der Waals surface area contributed by atoms with E-state index in [0.29, 0.717) is 29.3 Å². The van der Waals surface area contributed by atoms with Gasteiger partial charge in [0.1, 0.15) is 5.82 Å². The molecule has 1 saturated heterocycles. The van der Waals surface area contributed by atoms with Crippen LogP contribution >= 0.6 is 0 Å². The summed E-state index contributed by atoms with van der Waals surface area (Å²) in [6, 6.07) is 16.0. The van der Waals surface area contributed by atoms with Crippen molar-refractivity contribution in [2.45, 2.75) is 13.0 Å². The fourth-order valence-electron chi connectivity index (χ4n) is 4.81. The number of benzene rings is 2. The molecule has 2 aromatic carbocycles. The molecule has 2 atom stereocenters. The van der Waals surface area contributed by atoms with Crippen LogP contribution in [0.3, 0.4) is 0 Å². The van der Waals surface area contributed by atoms with Crippen LogP contribution in [-0.4, -0.2) is 43.1 Å². The number of aliphatic imine (C=N–C) groups is 1. The van der Waals surface area contributed by atoms with Crippen LogP contribution in [0.4, 0.5) is 22.9 Å². The van der Waals surface area contributed by atoms with Crippen LogP contribution in [-0.2, 0) is 0 Å². The predicted octanol–water partition coefficient (Wildman–Crippen LogP) is 3.57. The molecule has 7 heteroatoms. The first-order chi connectivity index (χ1) is 16.0.